The van der Waals surface area contributed by atoms with Crippen molar-refractivity contribution in [3.63, 3.8) is 0 Å². The number of halogens is 3. The lowest BCUT2D eigenvalue weighted by Crippen LogP contribution is -2.42. The molecule has 8 heteroatoms. The molecule has 0 amide bonds. The van der Waals surface area contributed by atoms with Gasteiger partial charge in [0, 0.05) is 5.32 Å². The first-order valence-corrected chi connectivity index (χ1v) is 11.3. The Morgan fingerprint density at radius 2 is 1.80 bits per heavy atom. The van der Waals surface area contributed by atoms with Gasteiger partial charge in [-0.2, -0.15) is 0 Å². The van der Waals surface area contributed by atoms with Crippen molar-refractivity contribution >= 4 is 18.9 Å². The van der Waals surface area contributed by atoms with Crippen LogP contribution in [0.1, 0.15) is 5.56 Å². The minimum absolute atomic E-state index is 0.216. The van der Waals surface area contributed by atoms with Crippen molar-refractivity contribution < 1.29 is 17.9 Å². The van der Waals surface area contributed by atoms with Crippen molar-refractivity contribution in [3.05, 3.63) is 42.1 Å². The Morgan fingerprint density at radius 1 is 1.08 bits per heavy atom. The normalized spacial score (nSPS) is 12.6. The molecule has 0 saturated heterocycles. The number of aryl methyl sites for hydroxylation is 1. The van der Waals surface area contributed by atoms with Crippen LogP contribution in [0.3, 0.4) is 0 Å². The molecule has 0 spiro atoms. The van der Waals surface area contributed by atoms with E-state index in [1.807, 2.05) is 10.6 Å². The summed E-state index contributed by atoms with van der Waals surface area (Å²) in [4.78, 5) is 0. The fraction of sp³-hybridized carbons (Fsp3) is 0.294. The molecule has 3 rings (SSSR count). The maximum absolute atomic E-state index is 12.4. The molecule has 0 unspecified atom stereocenters. The Balaban J connectivity index is 2.10. The number of rotatable bonds is 3. The highest BCUT2D eigenvalue weighted by atomic mass is 28.3. The SMILES string of the molecule is Cc1cc(OC(F)(F)F)ccc1-c1cc([Si](C)(C)C)n2nncc2c1. The molecular formula is C17H18F3N3OSi. The fourth-order valence-electron chi connectivity index (χ4n) is 2.78. The number of hydrogen-bond acceptors (Lipinski definition) is 3. The molecule has 0 bridgehead atoms. The Morgan fingerprint density at radius 3 is 2.40 bits per heavy atom. The Kier molecular flexibility index (Phi) is 4.10. The average molecular weight is 365 g/mol. The largest absolute Gasteiger partial charge is 0.573 e. The molecule has 2 heterocycles. The second kappa shape index (κ2) is 5.87. The van der Waals surface area contributed by atoms with Gasteiger partial charge in [-0.15, -0.1) is 18.3 Å². The van der Waals surface area contributed by atoms with Crippen LogP contribution in [0.4, 0.5) is 13.2 Å². The van der Waals surface area contributed by atoms with Gasteiger partial charge in [-0.25, -0.2) is 4.52 Å². The predicted molar refractivity (Wildman–Crippen MR) is 92.8 cm³/mol. The number of pyridine rings is 1. The number of fused-ring (bicyclic) bond motifs is 1. The zero-order valence-electron chi connectivity index (χ0n) is 14.3. The van der Waals surface area contributed by atoms with Crippen molar-refractivity contribution in [1.82, 2.24) is 14.8 Å². The van der Waals surface area contributed by atoms with Gasteiger partial charge in [-0.05, 0) is 47.9 Å². The Hall–Kier alpha value is -2.35. The van der Waals surface area contributed by atoms with E-state index >= 15 is 0 Å². The highest BCUT2D eigenvalue weighted by molar-refractivity contribution is 6.88. The number of hydrogen-bond donors (Lipinski definition) is 0. The van der Waals surface area contributed by atoms with E-state index < -0.39 is 14.4 Å². The van der Waals surface area contributed by atoms with Gasteiger partial charge < -0.3 is 4.74 Å². The van der Waals surface area contributed by atoms with Crippen molar-refractivity contribution in [1.29, 1.82) is 0 Å². The van der Waals surface area contributed by atoms with Gasteiger partial charge in [0.2, 0.25) is 0 Å². The van der Waals surface area contributed by atoms with Gasteiger partial charge in [0.05, 0.1) is 11.7 Å². The van der Waals surface area contributed by atoms with Crippen LogP contribution in [0.2, 0.25) is 19.6 Å². The Bertz CT molecular complexity index is 929. The summed E-state index contributed by atoms with van der Waals surface area (Å²) < 4.78 is 43.0. The van der Waals surface area contributed by atoms with Gasteiger partial charge in [-0.1, -0.05) is 30.9 Å². The van der Waals surface area contributed by atoms with Gasteiger partial charge in [-0.3, -0.25) is 0 Å². The van der Waals surface area contributed by atoms with Crippen LogP contribution in [0.15, 0.2) is 36.5 Å². The first kappa shape index (κ1) is 17.5. The monoisotopic (exact) mass is 365 g/mol. The molecule has 0 aliphatic rings. The van der Waals surface area contributed by atoms with E-state index in [2.05, 4.69) is 40.8 Å². The van der Waals surface area contributed by atoms with E-state index in [1.54, 1.807) is 19.2 Å². The smallest absolute Gasteiger partial charge is 0.406 e. The maximum Gasteiger partial charge on any atom is 0.573 e. The highest BCUT2D eigenvalue weighted by Gasteiger charge is 2.31. The van der Waals surface area contributed by atoms with E-state index in [9.17, 15) is 13.2 Å². The number of ether oxygens (including phenoxy) is 1. The minimum atomic E-state index is -4.69. The molecule has 0 aliphatic carbocycles. The number of benzene rings is 1. The molecule has 2 aromatic heterocycles. The summed E-state index contributed by atoms with van der Waals surface area (Å²) in [5.74, 6) is -0.216. The highest BCUT2D eigenvalue weighted by Crippen LogP contribution is 2.30. The first-order valence-electron chi connectivity index (χ1n) is 7.76. The lowest BCUT2D eigenvalue weighted by Gasteiger charge is -2.19. The van der Waals surface area contributed by atoms with E-state index in [-0.39, 0.29) is 5.75 Å². The second-order valence-corrected chi connectivity index (χ2v) is 12.0. The second-order valence-electron chi connectivity index (χ2n) is 6.97. The van der Waals surface area contributed by atoms with Crippen molar-refractivity contribution in [2.75, 3.05) is 0 Å². The Labute approximate surface area is 144 Å². The molecule has 4 nitrogen and oxygen atoms in total. The summed E-state index contributed by atoms with van der Waals surface area (Å²) in [7, 11) is -1.70. The van der Waals surface area contributed by atoms with Gasteiger partial charge in [0.15, 0.2) is 0 Å². The standard InChI is InChI=1S/C17H18F3N3OSi/c1-11-7-14(24-17(18,19)20)5-6-15(11)12-8-13-10-21-22-23(13)16(9-12)25(2,3)4/h5-10H,1-4H3. The fourth-order valence-corrected chi connectivity index (χ4v) is 4.18. The van der Waals surface area contributed by atoms with Crippen LogP contribution >= 0.6 is 0 Å². The van der Waals surface area contributed by atoms with Gasteiger partial charge in [0.25, 0.3) is 0 Å². The molecule has 3 aromatic rings. The number of alkyl halides is 3. The molecule has 1 aromatic carbocycles. The average Bonchev–Trinajstić information content (AvgIpc) is 2.91. The molecular weight excluding hydrogens is 347 g/mol. The van der Waals surface area contributed by atoms with Crippen LogP contribution in [-0.2, 0) is 0 Å². The van der Waals surface area contributed by atoms with Crippen LogP contribution in [0, 0.1) is 6.92 Å². The molecule has 0 N–H and O–H groups in total. The lowest BCUT2D eigenvalue weighted by atomic mass is 10.0. The molecule has 132 valence electrons. The maximum atomic E-state index is 12.4. The van der Waals surface area contributed by atoms with E-state index in [1.165, 1.54) is 12.1 Å². The molecule has 25 heavy (non-hydrogen) atoms. The first-order chi connectivity index (χ1) is 11.5. The van der Waals surface area contributed by atoms with Crippen molar-refractivity contribution in [3.8, 4) is 16.9 Å². The zero-order valence-corrected chi connectivity index (χ0v) is 15.3. The van der Waals surface area contributed by atoms with Crippen LogP contribution in [0.25, 0.3) is 16.6 Å². The molecule has 0 saturated carbocycles. The third-order valence-corrected chi connectivity index (χ3v) is 5.80. The predicted octanol–water partition coefficient (Wildman–Crippen LogP) is 4.15. The summed E-state index contributed by atoms with van der Waals surface area (Å²) in [6, 6.07) is 8.38. The van der Waals surface area contributed by atoms with Gasteiger partial charge >= 0.3 is 6.36 Å². The third kappa shape index (κ3) is 3.68. The van der Waals surface area contributed by atoms with Crippen LogP contribution < -0.4 is 10.1 Å². The van der Waals surface area contributed by atoms with E-state index in [4.69, 9.17) is 0 Å². The number of nitrogens with zero attached hydrogens (tertiary/aromatic N) is 3. The van der Waals surface area contributed by atoms with Gasteiger partial charge in [0.1, 0.15) is 13.8 Å². The van der Waals surface area contributed by atoms with E-state index in [0.29, 0.717) is 5.56 Å². The number of aromatic nitrogens is 3. The van der Waals surface area contributed by atoms with Crippen molar-refractivity contribution in [2.45, 2.75) is 32.9 Å². The summed E-state index contributed by atoms with van der Waals surface area (Å²) >= 11 is 0. The van der Waals surface area contributed by atoms with Crippen molar-refractivity contribution in [2.24, 2.45) is 0 Å². The summed E-state index contributed by atoms with van der Waals surface area (Å²) in [5, 5.41) is 9.23. The molecule has 0 aliphatic heterocycles. The van der Waals surface area contributed by atoms with Crippen LogP contribution in [0.5, 0.6) is 5.75 Å². The lowest BCUT2D eigenvalue weighted by molar-refractivity contribution is -0.274. The third-order valence-electron chi connectivity index (χ3n) is 3.91. The quantitative estimate of drug-likeness (QED) is 0.655. The van der Waals surface area contributed by atoms with E-state index in [0.717, 1.165) is 22.0 Å². The molecule has 0 atom stereocenters. The molecule has 0 fully saturated rings. The van der Waals surface area contributed by atoms with Crippen LogP contribution in [-0.4, -0.2) is 29.3 Å². The summed E-state index contributed by atoms with van der Waals surface area (Å²) in [6.45, 7) is 8.40. The molecule has 0 radical (unpaired) electrons. The minimum Gasteiger partial charge on any atom is -0.406 e. The topological polar surface area (TPSA) is 39.4 Å². The summed E-state index contributed by atoms with van der Waals surface area (Å²) in [6.07, 6.45) is -3.01. The summed E-state index contributed by atoms with van der Waals surface area (Å²) in [5.41, 5.74) is 3.37. The zero-order chi connectivity index (χ0) is 18.4.